The van der Waals surface area contributed by atoms with E-state index in [0.29, 0.717) is 42.6 Å². The number of rotatable bonds is 4. The molecule has 2 aliphatic rings. The van der Waals surface area contributed by atoms with Crippen LogP contribution >= 0.6 is 11.6 Å². The van der Waals surface area contributed by atoms with Gasteiger partial charge in [-0.15, -0.1) is 0 Å². The number of ether oxygens (including phenoxy) is 1. The van der Waals surface area contributed by atoms with Crippen molar-refractivity contribution in [2.24, 2.45) is 0 Å². The summed E-state index contributed by atoms with van der Waals surface area (Å²) >= 11 is 5.91. The number of hydrogen-bond acceptors (Lipinski definition) is 3. The van der Waals surface area contributed by atoms with Crippen molar-refractivity contribution in [3.8, 4) is 5.75 Å². The predicted molar refractivity (Wildman–Crippen MR) is 118 cm³/mol. The molecule has 0 radical (unpaired) electrons. The molecule has 0 aromatic heterocycles. The first-order chi connectivity index (χ1) is 15.2. The number of fused-ring (bicyclic) bond motifs is 2. The maximum atomic E-state index is 13.1. The highest BCUT2D eigenvalue weighted by atomic mass is 35.5. The Kier molecular flexibility index (Phi) is 6.41. The summed E-state index contributed by atoms with van der Waals surface area (Å²) < 4.78 is 45.0. The van der Waals surface area contributed by atoms with Crippen LogP contribution in [0.15, 0.2) is 42.5 Å². The van der Waals surface area contributed by atoms with E-state index >= 15 is 0 Å². The van der Waals surface area contributed by atoms with Gasteiger partial charge in [0.2, 0.25) is 5.91 Å². The number of alkyl halides is 3. The monoisotopic (exact) mass is 466 g/mol. The molecule has 8 heteroatoms. The molecule has 1 fully saturated rings. The van der Waals surface area contributed by atoms with Crippen LogP contribution in [0.5, 0.6) is 5.75 Å². The van der Waals surface area contributed by atoms with Gasteiger partial charge in [0, 0.05) is 21.7 Å². The lowest BCUT2D eigenvalue weighted by Gasteiger charge is -2.46. The van der Waals surface area contributed by atoms with E-state index in [2.05, 4.69) is 10.2 Å². The number of carbonyl (C=O) groups excluding carboxylic acids is 1. The molecule has 32 heavy (non-hydrogen) atoms. The summed E-state index contributed by atoms with van der Waals surface area (Å²) in [5, 5.41) is 3.57. The zero-order valence-corrected chi connectivity index (χ0v) is 18.6. The average Bonchev–Trinajstić information content (AvgIpc) is 2.76. The second kappa shape index (κ2) is 8.94. The molecule has 1 saturated heterocycles. The van der Waals surface area contributed by atoms with E-state index in [9.17, 15) is 18.0 Å². The Labute approximate surface area is 190 Å². The first kappa shape index (κ1) is 22.9. The van der Waals surface area contributed by atoms with E-state index in [1.165, 1.54) is 0 Å². The SMILES string of the molecule is CCC(C(=O)Nc1ccc(Cl)cc1)N1CCC2(CCOc3cc(C(F)(F)F)ccc32)CC1. The minimum atomic E-state index is -4.39. The Morgan fingerprint density at radius 1 is 1.16 bits per heavy atom. The van der Waals surface area contributed by atoms with Gasteiger partial charge in [0.05, 0.1) is 18.2 Å². The lowest BCUT2D eigenvalue weighted by Crippen LogP contribution is -2.51. The zero-order valence-electron chi connectivity index (χ0n) is 17.8. The molecule has 1 unspecified atom stereocenters. The Morgan fingerprint density at radius 3 is 2.47 bits per heavy atom. The molecule has 1 atom stereocenters. The number of anilines is 1. The van der Waals surface area contributed by atoms with Gasteiger partial charge in [-0.2, -0.15) is 13.2 Å². The van der Waals surface area contributed by atoms with Crippen molar-refractivity contribution in [2.45, 2.75) is 50.2 Å². The number of halogens is 4. The molecule has 2 heterocycles. The molecule has 0 saturated carbocycles. The zero-order chi connectivity index (χ0) is 22.9. The van der Waals surface area contributed by atoms with Crippen molar-refractivity contribution in [1.82, 2.24) is 4.90 Å². The molecule has 1 amide bonds. The van der Waals surface area contributed by atoms with Crippen molar-refractivity contribution in [2.75, 3.05) is 25.0 Å². The van der Waals surface area contributed by atoms with Gasteiger partial charge in [-0.25, -0.2) is 0 Å². The molecular weight excluding hydrogens is 441 g/mol. The van der Waals surface area contributed by atoms with Crippen molar-refractivity contribution < 1.29 is 22.7 Å². The van der Waals surface area contributed by atoms with E-state index in [1.807, 2.05) is 6.92 Å². The van der Waals surface area contributed by atoms with Gasteiger partial charge in [0.25, 0.3) is 0 Å². The topological polar surface area (TPSA) is 41.6 Å². The number of hydrogen-bond donors (Lipinski definition) is 1. The van der Waals surface area contributed by atoms with Gasteiger partial charge in [-0.1, -0.05) is 24.6 Å². The Hall–Kier alpha value is -2.25. The molecule has 2 aliphatic heterocycles. The normalized spacial score (nSPS) is 19.2. The molecule has 4 rings (SSSR count). The van der Waals surface area contributed by atoms with E-state index < -0.39 is 11.7 Å². The standard InChI is InChI=1S/C24H26ClF3N2O2/c1-2-20(22(31)29-18-6-4-17(25)5-7-18)30-12-9-23(10-13-30)11-14-32-21-15-16(24(26,27)28)3-8-19(21)23/h3-8,15,20H,2,9-14H2,1H3,(H,29,31). The number of piperidine rings is 1. The van der Waals surface area contributed by atoms with Crippen molar-refractivity contribution >= 4 is 23.2 Å². The molecule has 4 nitrogen and oxygen atoms in total. The third-order valence-corrected chi connectivity index (χ3v) is 6.97. The maximum Gasteiger partial charge on any atom is 0.416 e. The highest BCUT2D eigenvalue weighted by Gasteiger charge is 2.43. The largest absolute Gasteiger partial charge is 0.493 e. The van der Waals surface area contributed by atoms with E-state index in [4.69, 9.17) is 16.3 Å². The lowest BCUT2D eigenvalue weighted by atomic mass is 9.69. The third kappa shape index (κ3) is 4.59. The van der Waals surface area contributed by atoms with Crippen LogP contribution < -0.4 is 10.1 Å². The first-order valence-electron chi connectivity index (χ1n) is 10.9. The van der Waals surface area contributed by atoms with Gasteiger partial charge in [-0.3, -0.25) is 9.69 Å². The van der Waals surface area contributed by atoms with Gasteiger partial charge in [-0.05, 0) is 75.2 Å². The Balaban J connectivity index is 1.46. The summed E-state index contributed by atoms with van der Waals surface area (Å²) in [6.07, 6.45) is -1.40. The van der Waals surface area contributed by atoms with Crippen LogP contribution in [0.1, 0.15) is 43.7 Å². The minimum absolute atomic E-state index is 0.0621. The van der Waals surface area contributed by atoms with Gasteiger partial charge < -0.3 is 10.1 Å². The molecule has 0 aliphatic carbocycles. The summed E-state index contributed by atoms with van der Waals surface area (Å²) in [4.78, 5) is 15.1. The number of likely N-dealkylation sites (tertiary alicyclic amines) is 1. The van der Waals surface area contributed by atoms with Crippen molar-refractivity contribution in [1.29, 1.82) is 0 Å². The van der Waals surface area contributed by atoms with E-state index in [1.54, 1.807) is 30.3 Å². The summed E-state index contributed by atoms with van der Waals surface area (Å²) in [6, 6.07) is 10.6. The highest BCUT2D eigenvalue weighted by molar-refractivity contribution is 6.30. The Morgan fingerprint density at radius 2 is 1.84 bits per heavy atom. The molecule has 2 aromatic rings. The van der Waals surface area contributed by atoms with Crippen LogP contribution in [0.25, 0.3) is 0 Å². The molecule has 172 valence electrons. The number of carbonyl (C=O) groups is 1. The molecule has 1 spiro atoms. The van der Waals surface area contributed by atoms with E-state index in [-0.39, 0.29) is 17.4 Å². The molecule has 2 aromatic carbocycles. The van der Waals surface area contributed by atoms with E-state index in [0.717, 1.165) is 37.0 Å². The highest BCUT2D eigenvalue weighted by Crippen LogP contribution is 2.47. The van der Waals surface area contributed by atoms with Crippen LogP contribution in [0, 0.1) is 0 Å². The fourth-order valence-corrected chi connectivity index (χ4v) is 5.02. The maximum absolute atomic E-state index is 13.1. The summed E-state index contributed by atoms with van der Waals surface area (Å²) in [5.74, 6) is 0.278. The summed E-state index contributed by atoms with van der Waals surface area (Å²) in [6.45, 7) is 3.79. The lowest BCUT2D eigenvalue weighted by molar-refractivity contribution is -0.137. The second-order valence-electron chi connectivity index (χ2n) is 8.54. The van der Waals surface area contributed by atoms with Gasteiger partial charge in [0.1, 0.15) is 5.75 Å². The minimum Gasteiger partial charge on any atom is -0.493 e. The predicted octanol–water partition coefficient (Wildman–Crippen LogP) is 5.89. The van der Waals surface area contributed by atoms with Crippen molar-refractivity contribution in [3.05, 3.63) is 58.6 Å². The first-order valence-corrected chi connectivity index (χ1v) is 11.2. The van der Waals surface area contributed by atoms with Gasteiger partial charge in [0.15, 0.2) is 0 Å². The quantitative estimate of drug-likeness (QED) is 0.610. The van der Waals surface area contributed by atoms with Crippen LogP contribution in [0.2, 0.25) is 5.02 Å². The second-order valence-corrected chi connectivity index (χ2v) is 8.98. The average molecular weight is 467 g/mol. The van der Waals surface area contributed by atoms with Crippen LogP contribution in [0.3, 0.4) is 0 Å². The number of amides is 1. The van der Waals surface area contributed by atoms with Gasteiger partial charge >= 0.3 is 6.18 Å². The summed E-state index contributed by atoms with van der Waals surface area (Å²) in [5.41, 5.74) is 0.662. The summed E-state index contributed by atoms with van der Waals surface area (Å²) in [7, 11) is 0. The van der Waals surface area contributed by atoms with Crippen LogP contribution in [-0.2, 0) is 16.4 Å². The smallest absolute Gasteiger partial charge is 0.416 e. The Bertz CT molecular complexity index is 970. The number of nitrogens with zero attached hydrogens (tertiary/aromatic N) is 1. The molecule has 0 bridgehead atoms. The number of nitrogens with one attached hydrogen (secondary N) is 1. The third-order valence-electron chi connectivity index (χ3n) is 6.72. The van der Waals surface area contributed by atoms with Crippen LogP contribution in [-0.4, -0.2) is 36.5 Å². The molecular formula is C24H26ClF3N2O2. The molecule has 1 N–H and O–H groups in total. The number of benzene rings is 2. The fraction of sp³-hybridized carbons (Fsp3) is 0.458. The van der Waals surface area contributed by atoms with Crippen LogP contribution in [0.4, 0.5) is 18.9 Å². The fourth-order valence-electron chi connectivity index (χ4n) is 4.90. The van der Waals surface area contributed by atoms with Crippen molar-refractivity contribution in [3.63, 3.8) is 0 Å².